The second-order valence-electron chi connectivity index (χ2n) is 22.4. The van der Waals surface area contributed by atoms with Gasteiger partial charge in [-0.25, -0.2) is 9.37 Å². The van der Waals surface area contributed by atoms with Gasteiger partial charge >= 0.3 is 6.01 Å². The fourth-order valence-corrected chi connectivity index (χ4v) is 12.7. The maximum atomic E-state index is 17.2. The van der Waals surface area contributed by atoms with Crippen LogP contribution in [0.1, 0.15) is 109 Å². The van der Waals surface area contributed by atoms with Crippen molar-refractivity contribution in [3.8, 4) is 33.5 Å². The zero-order valence-corrected chi connectivity index (χ0v) is 45.3. The fraction of sp³-hybridized carbons (Fsp3) is 0.500. The Morgan fingerprint density at radius 3 is 2.49 bits per heavy atom. The Hall–Kier alpha value is -6.34. The van der Waals surface area contributed by atoms with Crippen LogP contribution in [0.4, 0.5) is 10.2 Å². The molecular formula is C58H71FN10O6S. The van der Waals surface area contributed by atoms with Gasteiger partial charge in [-0.2, -0.15) is 9.97 Å². The second-order valence-corrected chi connectivity index (χ2v) is 23.3. The number of ether oxygens (including phenoxy) is 1. The number of likely N-dealkylation sites (tertiary alicyclic amines) is 2. The molecule has 7 atom stereocenters. The van der Waals surface area contributed by atoms with Crippen molar-refractivity contribution in [2.45, 2.75) is 142 Å². The number of rotatable bonds is 17. The number of hydrogen-bond acceptors (Lipinski definition) is 14. The van der Waals surface area contributed by atoms with Crippen LogP contribution in [-0.4, -0.2) is 133 Å². The zero-order valence-electron chi connectivity index (χ0n) is 44.4. The standard InChI is InChI=1S/C58H71FN10O6S/c1-7-35-12-10-13-38-24-42(70)25-44(48(35)38)50-49(59)51-45(27-60-50)54(68-28-39-20-21-40(29-68)63-39)66-57(65-51)75-31-41-14-11-23-67(41)22-9-8-15-47(72)64-53(58(4,5)6)56(74)69-30-43(71)26-46(69)55(73)62-33(2)36-16-18-37(19-17-36)52-34(3)61-32-76-52/h10,12-13,16-19,24-25,27,32-33,39-41,43,46,53,63,70-71H,7-9,11,14-15,20-23,26,28-31H2,1-6H3,(H,62,73)(H,64,72). The van der Waals surface area contributed by atoms with Crippen LogP contribution in [0, 0.1) is 18.2 Å². The first-order valence-electron chi connectivity index (χ1n) is 27.1. The van der Waals surface area contributed by atoms with Gasteiger partial charge in [0.2, 0.25) is 17.7 Å². The highest BCUT2D eigenvalue weighted by atomic mass is 32.1. The number of benzene rings is 3. The number of aliphatic hydroxyl groups excluding tert-OH is 1. The number of nitrogens with one attached hydrogen (secondary N) is 3. The van der Waals surface area contributed by atoms with E-state index in [1.807, 2.05) is 82.6 Å². The minimum absolute atomic E-state index is 0.00432. The summed E-state index contributed by atoms with van der Waals surface area (Å²) in [6.07, 6.45) is 7.13. The van der Waals surface area contributed by atoms with Crippen molar-refractivity contribution in [1.29, 1.82) is 0 Å². The summed E-state index contributed by atoms with van der Waals surface area (Å²) in [6, 6.07) is 15.7. The largest absolute Gasteiger partial charge is 0.508 e. The summed E-state index contributed by atoms with van der Waals surface area (Å²) in [5.41, 5.74) is 5.81. The molecule has 7 unspecified atom stereocenters. The number of piperazine rings is 1. The number of nitrogens with zero attached hydrogens (tertiary/aromatic N) is 7. The third-order valence-electron chi connectivity index (χ3n) is 15.9. The highest BCUT2D eigenvalue weighted by Gasteiger charge is 2.45. The summed E-state index contributed by atoms with van der Waals surface area (Å²) in [4.78, 5) is 67.6. The summed E-state index contributed by atoms with van der Waals surface area (Å²) < 4.78 is 23.7. The Kier molecular flexibility index (Phi) is 15.6. The van der Waals surface area contributed by atoms with Gasteiger partial charge in [-0.3, -0.25) is 24.3 Å². The van der Waals surface area contributed by atoms with Crippen molar-refractivity contribution < 1.29 is 33.7 Å². The molecule has 16 nitrogen and oxygen atoms in total. The van der Waals surface area contributed by atoms with Gasteiger partial charge in [0.1, 0.15) is 41.5 Å². The molecule has 0 saturated carbocycles. The normalized spacial score (nSPS) is 21.6. The molecule has 5 N–H and O–H groups in total. The summed E-state index contributed by atoms with van der Waals surface area (Å²) in [6.45, 7) is 14.9. The van der Waals surface area contributed by atoms with E-state index in [1.165, 1.54) is 4.90 Å². The Morgan fingerprint density at radius 1 is 0.987 bits per heavy atom. The zero-order chi connectivity index (χ0) is 53.4. The van der Waals surface area contributed by atoms with Crippen LogP contribution in [0.15, 0.2) is 66.3 Å². The summed E-state index contributed by atoms with van der Waals surface area (Å²) >= 11 is 1.58. The van der Waals surface area contributed by atoms with Gasteiger partial charge in [-0.1, -0.05) is 70.2 Å². The molecule has 3 amide bonds. The minimum Gasteiger partial charge on any atom is -0.508 e. The first-order valence-corrected chi connectivity index (χ1v) is 28.0. The quantitative estimate of drug-likeness (QED) is 0.0552. The van der Waals surface area contributed by atoms with Gasteiger partial charge in [0.25, 0.3) is 0 Å². The third-order valence-corrected chi connectivity index (χ3v) is 16.9. The number of thiazole rings is 1. The van der Waals surface area contributed by atoms with E-state index in [0.717, 1.165) is 103 Å². The van der Waals surface area contributed by atoms with E-state index in [2.05, 4.69) is 37.7 Å². The maximum Gasteiger partial charge on any atom is 0.319 e. The molecule has 402 valence electrons. The maximum absolute atomic E-state index is 17.2. The van der Waals surface area contributed by atoms with Gasteiger partial charge in [0.05, 0.1) is 33.6 Å². The fourth-order valence-electron chi connectivity index (χ4n) is 11.9. The lowest BCUT2D eigenvalue weighted by molar-refractivity contribution is -0.144. The molecule has 0 spiro atoms. The van der Waals surface area contributed by atoms with Crippen molar-refractivity contribution in [1.82, 2.24) is 45.7 Å². The van der Waals surface area contributed by atoms with Crippen molar-refractivity contribution in [2.75, 3.05) is 44.2 Å². The van der Waals surface area contributed by atoms with Crippen molar-refractivity contribution >= 4 is 56.6 Å². The molecule has 76 heavy (non-hydrogen) atoms. The van der Waals surface area contributed by atoms with Gasteiger partial charge in [0.15, 0.2) is 5.82 Å². The van der Waals surface area contributed by atoms with E-state index in [9.17, 15) is 24.6 Å². The van der Waals surface area contributed by atoms with E-state index >= 15 is 4.39 Å². The topological polar surface area (TPSA) is 198 Å². The first-order chi connectivity index (χ1) is 36.5. The lowest BCUT2D eigenvalue weighted by Gasteiger charge is -2.35. The number of unbranched alkanes of at least 4 members (excludes halogenated alkanes) is 1. The van der Waals surface area contributed by atoms with Crippen LogP contribution in [0.5, 0.6) is 11.8 Å². The van der Waals surface area contributed by atoms with Crippen LogP contribution < -0.4 is 25.6 Å². The second kappa shape index (κ2) is 22.3. The van der Waals surface area contributed by atoms with E-state index in [1.54, 1.807) is 29.7 Å². The molecule has 3 aromatic carbocycles. The van der Waals surface area contributed by atoms with E-state index in [-0.39, 0.29) is 66.3 Å². The number of aromatic hydroxyl groups is 1. The van der Waals surface area contributed by atoms with Gasteiger partial charge in [-0.05, 0) is 117 Å². The van der Waals surface area contributed by atoms with Crippen molar-refractivity contribution in [2.24, 2.45) is 5.41 Å². The number of phenols is 1. The molecule has 4 fully saturated rings. The number of pyridine rings is 1. The van der Waals surface area contributed by atoms with Crippen LogP contribution in [0.2, 0.25) is 0 Å². The lowest BCUT2D eigenvalue weighted by Crippen LogP contribution is -2.57. The number of anilines is 1. The molecule has 0 radical (unpaired) electrons. The third kappa shape index (κ3) is 11.2. The molecule has 4 aliphatic heterocycles. The highest BCUT2D eigenvalue weighted by molar-refractivity contribution is 7.13. The molecule has 6 aromatic rings. The molecular weight excluding hydrogens is 984 g/mol. The number of halogens is 1. The molecule has 7 heterocycles. The van der Waals surface area contributed by atoms with Crippen LogP contribution in [0.25, 0.3) is 43.4 Å². The number of aliphatic hydroxyl groups is 1. The number of β-amino-alcohol motifs (C(OH)–C–C–N with tert-alkyl or cyclic N) is 1. The van der Waals surface area contributed by atoms with Gasteiger partial charge in [0, 0.05) is 62.4 Å². The number of carbonyl (C=O) groups excluding carboxylic acids is 3. The Morgan fingerprint density at radius 2 is 1.76 bits per heavy atom. The highest BCUT2D eigenvalue weighted by Crippen LogP contribution is 2.40. The van der Waals surface area contributed by atoms with Gasteiger partial charge in [-0.15, -0.1) is 11.3 Å². The number of phenolic OH excluding ortho intramolecular Hbond substituents is 1. The number of hydrogen-bond donors (Lipinski definition) is 5. The number of fused-ring (bicyclic) bond motifs is 4. The first kappa shape index (κ1) is 53.1. The summed E-state index contributed by atoms with van der Waals surface area (Å²) in [5.74, 6) is -0.983. The number of carbonyl (C=O) groups is 3. The van der Waals surface area contributed by atoms with Crippen LogP contribution in [0.3, 0.4) is 0 Å². The molecule has 3 aromatic heterocycles. The van der Waals surface area contributed by atoms with E-state index < -0.39 is 35.3 Å². The van der Waals surface area contributed by atoms with Crippen molar-refractivity contribution in [3.05, 3.63) is 88.9 Å². The monoisotopic (exact) mass is 1050 g/mol. The van der Waals surface area contributed by atoms with E-state index in [0.29, 0.717) is 41.9 Å². The smallest absolute Gasteiger partial charge is 0.319 e. The minimum atomic E-state index is -0.919. The molecule has 10 rings (SSSR count). The number of aromatic nitrogens is 4. The number of amides is 3. The average Bonchev–Trinajstić information content (AvgIpc) is 4.23. The molecule has 2 bridgehead atoms. The Bertz CT molecular complexity index is 3100. The Labute approximate surface area is 447 Å². The summed E-state index contributed by atoms with van der Waals surface area (Å²) in [5, 5.41) is 33.5. The number of aryl methyl sites for hydroxylation is 2. The van der Waals surface area contributed by atoms with Crippen molar-refractivity contribution in [3.63, 3.8) is 0 Å². The molecule has 18 heteroatoms. The SMILES string of the molecule is CCc1cccc2cc(O)cc(-c3ncc4c(N5CC6CCC(C5)N6)nc(OCC5CCCN5CCCCC(=O)NC(C(=O)N5CC(O)CC5C(=O)NC(C)c5ccc(-c6scnc6C)cc5)C(C)(C)C)nc4c3F)c12. The molecule has 4 aliphatic rings. The van der Waals surface area contributed by atoms with E-state index in [4.69, 9.17) is 19.7 Å². The summed E-state index contributed by atoms with van der Waals surface area (Å²) in [7, 11) is 0. The van der Waals surface area contributed by atoms with Crippen LogP contribution >= 0.6 is 11.3 Å². The predicted octanol–water partition coefficient (Wildman–Crippen LogP) is 8.01. The average molecular weight is 1060 g/mol. The predicted molar refractivity (Wildman–Crippen MR) is 294 cm³/mol. The lowest BCUT2D eigenvalue weighted by atomic mass is 9.85. The molecule has 4 saturated heterocycles. The molecule has 0 aliphatic carbocycles. The Balaban J connectivity index is 0.768. The van der Waals surface area contributed by atoms with Gasteiger partial charge < -0.3 is 40.7 Å². The van der Waals surface area contributed by atoms with Crippen LogP contribution in [-0.2, 0) is 20.8 Å².